The predicted molar refractivity (Wildman–Crippen MR) is 140 cm³/mol. The predicted octanol–water partition coefficient (Wildman–Crippen LogP) is 3.84. The molecule has 1 atom stereocenters. The highest BCUT2D eigenvalue weighted by atomic mass is 32.2. The lowest BCUT2D eigenvalue weighted by molar-refractivity contribution is -0.119. The SMILES string of the molecule is COc1cc2c(c(OC)c1OC)-c1ccc(S(=O)(=O)Cc3ccccc3)c(=O)cc1[C@H](NC(C)=O)CC2. The van der Waals surface area contributed by atoms with Crippen molar-refractivity contribution < 1.29 is 27.4 Å². The van der Waals surface area contributed by atoms with E-state index in [1.807, 2.05) is 6.07 Å². The molecule has 1 aliphatic carbocycles. The molecule has 3 aromatic rings. The van der Waals surface area contributed by atoms with Crippen molar-refractivity contribution in [3.63, 3.8) is 0 Å². The molecular formula is C28H29NO7S. The van der Waals surface area contributed by atoms with Crippen molar-refractivity contribution in [2.75, 3.05) is 21.3 Å². The standard InChI is InChI=1S/C28H29NO7S/c1-17(30)29-22-12-10-19-14-24(34-2)27(35-3)28(36-4)26(19)20-11-13-25(23(31)15-21(20)22)37(32,33)16-18-8-6-5-7-9-18/h5-9,11,13-15,22H,10,12,16H2,1-4H3,(H,29,30)/t22-/m1/s1. The third kappa shape index (κ3) is 5.17. The molecule has 0 saturated heterocycles. The van der Waals surface area contributed by atoms with Crippen LogP contribution < -0.4 is 25.0 Å². The van der Waals surface area contributed by atoms with Gasteiger partial charge in [-0.05, 0) is 53.3 Å². The van der Waals surface area contributed by atoms with E-state index >= 15 is 0 Å². The fourth-order valence-electron chi connectivity index (χ4n) is 4.82. The van der Waals surface area contributed by atoms with Gasteiger partial charge in [0.05, 0.1) is 33.1 Å². The topological polar surface area (TPSA) is 108 Å². The van der Waals surface area contributed by atoms with E-state index in [0.29, 0.717) is 52.3 Å². The van der Waals surface area contributed by atoms with E-state index in [1.165, 1.54) is 40.4 Å². The van der Waals surface area contributed by atoms with Crippen LogP contribution in [0.5, 0.6) is 17.2 Å². The number of benzene rings is 2. The van der Waals surface area contributed by atoms with Crippen molar-refractivity contribution in [1.29, 1.82) is 0 Å². The van der Waals surface area contributed by atoms with Crippen LogP contribution in [-0.4, -0.2) is 35.7 Å². The third-order valence-electron chi connectivity index (χ3n) is 6.41. The molecule has 4 rings (SSSR count). The van der Waals surface area contributed by atoms with Gasteiger partial charge in [0.25, 0.3) is 0 Å². The zero-order valence-corrected chi connectivity index (χ0v) is 22.0. The van der Waals surface area contributed by atoms with Crippen LogP contribution in [0.2, 0.25) is 0 Å². The van der Waals surface area contributed by atoms with Gasteiger partial charge >= 0.3 is 0 Å². The first kappa shape index (κ1) is 26.2. The number of carbonyl (C=O) groups excluding carboxylic acids is 1. The first-order valence-corrected chi connectivity index (χ1v) is 13.4. The van der Waals surface area contributed by atoms with Crippen LogP contribution in [0, 0.1) is 0 Å². The van der Waals surface area contributed by atoms with E-state index in [-0.39, 0.29) is 16.6 Å². The molecule has 0 fully saturated rings. The van der Waals surface area contributed by atoms with Gasteiger partial charge in [-0.2, -0.15) is 0 Å². The van der Waals surface area contributed by atoms with Gasteiger partial charge in [0.15, 0.2) is 26.8 Å². The minimum atomic E-state index is -3.96. The van der Waals surface area contributed by atoms with Gasteiger partial charge in [0, 0.05) is 12.5 Å². The van der Waals surface area contributed by atoms with Crippen LogP contribution in [0.15, 0.2) is 64.3 Å². The summed E-state index contributed by atoms with van der Waals surface area (Å²) in [7, 11) is 0.576. The number of ether oxygens (including phenoxy) is 3. The van der Waals surface area contributed by atoms with Crippen molar-refractivity contribution in [2.24, 2.45) is 0 Å². The smallest absolute Gasteiger partial charge is 0.217 e. The number of fused-ring (bicyclic) bond motifs is 3. The number of methoxy groups -OCH3 is 3. The van der Waals surface area contributed by atoms with E-state index in [0.717, 1.165) is 5.56 Å². The van der Waals surface area contributed by atoms with Crippen molar-refractivity contribution in [2.45, 2.75) is 36.5 Å². The average Bonchev–Trinajstić information content (AvgIpc) is 3.12. The molecule has 0 spiro atoms. The van der Waals surface area contributed by atoms with Gasteiger partial charge in [-0.3, -0.25) is 9.59 Å². The van der Waals surface area contributed by atoms with E-state index in [4.69, 9.17) is 14.2 Å². The molecular weight excluding hydrogens is 494 g/mol. The maximum Gasteiger partial charge on any atom is 0.217 e. The minimum Gasteiger partial charge on any atom is -0.493 e. The van der Waals surface area contributed by atoms with Gasteiger partial charge in [0.2, 0.25) is 11.7 Å². The Bertz CT molecular complexity index is 1500. The molecule has 0 aromatic heterocycles. The Kier molecular flexibility index (Phi) is 7.54. The summed E-state index contributed by atoms with van der Waals surface area (Å²) >= 11 is 0. The van der Waals surface area contributed by atoms with Crippen LogP contribution in [0.25, 0.3) is 11.1 Å². The fourth-order valence-corrected chi connectivity index (χ4v) is 6.25. The van der Waals surface area contributed by atoms with Gasteiger partial charge < -0.3 is 19.5 Å². The summed E-state index contributed by atoms with van der Waals surface area (Å²) in [5.41, 5.74) is 2.53. The summed E-state index contributed by atoms with van der Waals surface area (Å²) in [6.07, 6.45) is 1.02. The highest BCUT2D eigenvalue weighted by Crippen LogP contribution is 2.50. The Morgan fingerprint density at radius 3 is 2.30 bits per heavy atom. The van der Waals surface area contributed by atoms with Gasteiger partial charge in [-0.15, -0.1) is 0 Å². The van der Waals surface area contributed by atoms with Gasteiger partial charge in [-0.1, -0.05) is 36.4 Å². The molecule has 0 saturated carbocycles. The molecule has 0 unspecified atom stereocenters. The number of amides is 1. The van der Waals surface area contributed by atoms with Crippen molar-refractivity contribution in [3.05, 3.63) is 81.5 Å². The monoisotopic (exact) mass is 523 g/mol. The van der Waals surface area contributed by atoms with E-state index in [2.05, 4.69) is 5.32 Å². The summed E-state index contributed by atoms with van der Waals surface area (Å²) in [4.78, 5) is 25.2. The summed E-state index contributed by atoms with van der Waals surface area (Å²) in [5, 5.41) is 2.92. The maximum atomic E-state index is 13.4. The van der Waals surface area contributed by atoms with Crippen LogP contribution in [0.1, 0.15) is 36.1 Å². The van der Waals surface area contributed by atoms with E-state index < -0.39 is 21.3 Å². The van der Waals surface area contributed by atoms with E-state index in [9.17, 15) is 18.0 Å². The molecule has 1 N–H and O–H groups in total. The Morgan fingerprint density at radius 2 is 1.68 bits per heavy atom. The number of aryl methyl sites for hydroxylation is 1. The van der Waals surface area contributed by atoms with Crippen LogP contribution >= 0.6 is 0 Å². The fraction of sp³-hybridized carbons (Fsp3) is 0.286. The molecule has 1 amide bonds. The summed E-state index contributed by atoms with van der Waals surface area (Å²) in [6, 6.07) is 14.3. The molecule has 0 heterocycles. The zero-order valence-electron chi connectivity index (χ0n) is 21.2. The number of hydrogen-bond donors (Lipinski definition) is 1. The third-order valence-corrected chi connectivity index (χ3v) is 8.13. The van der Waals surface area contributed by atoms with Gasteiger partial charge in [0.1, 0.15) is 4.90 Å². The van der Waals surface area contributed by atoms with Crippen molar-refractivity contribution in [1.82, 2.24) is 5.32 Å². The Morgan fingerprint density at radius 1 is 0.973 bits per heavy atom. The van der Waals surface area contributed by atoms with Gasteiger partial charge in [-0.25, -0.2) is 8.42 Å². The second kappa shape index (κ2) is 10.6. The molecule has 0 aliphatic heterocycles. The quantitative estimate of drug-likeness (QED) is 0.501. The zero-order chi connectivity index (χ0) is 26.7. The Labute approximate surface area is 216 Å². The Hall–Kier alpha value is -3.85. The van der Waals surface area contributed by atoms with Crippen molar-refractivity contribution in [3.8, 4) is 28.4 Å². The molecule has 0 radical (unpaired) electrons. The summed E-state index contributed by atoms with van der Waals surface area (Å²) in [5.74, 6) is 0.679. The number of carbonyl (C=O) groups is 1. The lowest BCUT2D eigenvalue weighted by Crippen LogP contribution is -2.26. The normalized spacial score (nSPS) is 14.5. The van der Waals surface area contributed by atoms with Crippen LogP contribution in [-0.2, 0) is 26.8 Å². The van der Waals surface area contributed by atoms with Crippen molar-refractivity contribution >= 4 is 15.7 Å². The number of rotatable bonds is 7. The first-order chi connectivity index (χ1) is 17.7. The lowest BCUT2D eigenvalue weighted by Gasteiger charge is -2.19. The van der Waals surface area contributed by atoms with Crippen LogP contribution in [0.3, 0.4) is 0 Å². The molecule has 0 bridgehead atoms. The highest BCUT2D eigenvalue weighted by Gasteiger charge is 2.30. The largest absolute Gasteiger partial charge is 0.493 e. The molecule has 194 valence electrons. The van der Waals surface area contributed by atoms with E-state index in [1.54, 1.807) is 36.4 Å². The number of nitrogens with one attached hydrogen (secondary N) is 1. The first-order valence-electron chi connectivity index (χ1n) is 11.7. The summed E-state index contributed by atoms with van der Waals surface area (Å²) < 4.78 is 43.5. The number of hydrogen-bond acceptors (Lipinski definition) is 7. The molecule has 37 heavy (non-hydrogen) atoms. The maximum absolute atomic E-state index is 13.4. The van der Waals surface area contributed by atoms with Crippen LogP contribution in [0.4, 0.5) is 0 Å². The number of sulfone groups is 1. The second-order valence-corrected chi connectivity index (χ2v) is 10.7. The molecule has 1 aliphatic rings. The highest BCUT2D eigenvalue weighted by molar-refractivity contribution is 7.90. The molecule has 9 heteroatoms. The lowest BCUT2D eigenvalue weighted by atomic mass is 9.95. The second-order valence-electron chi connectivity index (χ2n) is 8.79. The minimum absolute atomic E-state index is 0.264. The molecule has 3 aromatic carbocycles. The summed E-state index contributed by atoms with van der Waals surface area (Å²) in [6.45, 7) is 1.40. The Balaban J connectivity index is 2.01. The average molecular weight is 524 g/mol. The molecule has 8 nitrogen and oxygen atoms in total.